The van der Waals surface area contributed by atoms with E-state index in [1.807, 2.05) is 4.68 Å². The van der Waals surface area contributed by atoms with E-state index < -0.39 is 0 Å². The van der Waals surface area contributed by atoms with Gasteiger partial charge in [-0.2, -0.15) is 5.10 Å². The molecule has 4 heteroatoms. The molecule has 0 amide bonds. The Labute approximate surface area is 169 Å². The highest BCUT2D eigenvalue weighted by Crippen LogP contribution is 2.34. The van der Waals surface area contributed by atoms with Crippen LogP contribution in [0.1, 0.15) is 62.0 Å². The summed E-state index contributed by atoms with van der Waals surface area (Å²) in [6.07, 6.45) is 11.9. The molecule has 2 saturated heterocycles. The highest BCUT2D eigenvalue weighted by molar-refractivity contribution is 5.63. The van der Waals surface area contributed by atoms with Crippen molar-refractivity contribution in [1.82, 2.24) is 19.6 Å². The first-order chi connectivity index (χ1) is 13.8. The summed E-state index contributed by atoms with van der Waals surface area (Å²) in [7, 11) is 2.05. The summed E-state index contributed by atoms with van der Waals surface area (Å²) < 4.78 is 1.99. The molecule has 1 atom stereocenters. The van der Waals surface area contributed by atoms with Crippen LogP contribution < -0.4 is 0 Å². The largest absolute Gasteiger partial charge is 0.298 e. The van der Waals surface area contributed by atoms with E-state index >= 15 is 0 Å². The Hall–Kier alpha value is -1.65. The van der Waals surface area contributed by atoms with Gasteiger partial charge in [-0.05, 0) is 43.7 Å². The minimum Gasteiger partial charge on any atom is -0.298 e. The zero-order chi connectivity index (χ0) is 18.9. The number of hydrogen-bond acceptors (Lipinski definition) is 3. The molecule has 1 aromatic heterocycles. The summed E-state index contributed by atoms with van der Waals surface area (Å²) in [6.45, 7) is 5.97. The van der Waals surface area contributed by atoms with Gasteiger partial charge in [-0.1, -0.05) is 43.5 Å². The Morgan fingerprint density at radius 1 is 0.929 bits per heavy atom. The van der Waals surface area contributed by atoms with Gasteiger partial charge in [-0.3, -0.25) is 14.5 Å². The molecule has 5 rings (SSSR count). The third-order valence-electron chi connectivity index (χ3n) is 7.23. The van der Waals surface area contributed by atoms with Gasteiger partial charge in [0.2, 0.25) is 0 Å². The summed E-state index contributed by atoms with van der Waals surface area (Å²) in [5.41, 5.74) is 5.35. The number of aryl methyl sites for hydroxylation is 1. The molecule has 1 aromatic carbocycles. The van der Waals surface area contributed by atoms with Crippen molar-refractivity contribution >= 4 is 0 Å². The van der Waals surface area contributed by atoms with E-state index in [2.05, 4.69) is 47.3 Å². The van der Waals surface area contributed by atoms with Crippen LogP contribution >= 0.6 is 0 Å². The van der Waals surface area contributed by atoms with E-state index in [1.54, 1.807) is 0 Å². The van der Waals surface area contributed by atoms with E-state index in [0.29, 0.717) is 0 Å². The van der Waals surface area contributed by atoms with Crippen LogP contribution in [-0.2, 0) is 13.6 Å². The molecule has 1 saturated carbocycles. The first-order valence-corrected chi connectivity index (χ1v) is 11.4. The number of piperazine rings is 1. The Kier molecular flexibility index (Phi) is 5.25. The topological polar surface area (TPSA) is 24.3 Å². The van der Waals surface area contributed by atoms with Crippen LogP contribution in [0.5, 0.6) is 0 Å². The smallest absolute Gasteiger partial charge is 0.0968 e. The number of rotatable bonds is 4. The van der Waals surface area contributed by atoms with Gasteiger partial charge in [-0.25, -0.2) is 0 Å². The van der Waals surface area contributed by atoms with E-state index in [0.717, 1.165) is 18.5 Å². The molecular weight excluding hydrogens is 344 g/mol. The number of nitrogens with zero attached hydrogens (tertiary/aromatic N) is 4. The average Bonchev–Trinajstić information content (AvgIpc) is 3.35. The van der Waals surface area contributed by atoms with E-state index in [4.69, 9.17) is 5.10 Å². The van der Waals surface area contributed by atoms with Gasteiger partial charge in [0.1, 0.15) is 0 Å². The average molecular weight is 379 g/mol. The molecule has 150 valence electrons. The molecule has 2 aliphatic heterocycles. The number of fused-ring (bicyclic) bond motifs is 1. The Morgan fingerprint density at radius 3 is 2.57 bits per heavy atom. The van der Waals surface area contributed by atoms with Crippen molar-refractivity contribution in [3.63, 3.8) is 0 Å². The normalized spacial score (nSPS) is 24.5. The first-order valence-electron chi connectivity index (χ1n) is 11.4. The fraction of sp³-hybridized carbons (Fsp3) is 0.625. The van der Waals surface area contributed by atoms with Gasteiger partial charge in [-0.15, -0.1) is 0 Å². The molecule has 0 radical (unpaired) electrons. The van der Waals surface area contributed by atoms with Crippen LogP contribution in [0.15, 0.2) is 30.5 Å². The summed E-state index contributed by atoms with van der Waals surface area (Å²) in [6, 6.07) is 10.1. The second-order valence-electron chi connectivity index (χ2n) is 9.20. The predicted molar refractivity (Wildman–Crippen MR) is 114 cm³/mol. The standard InChI is InChI=1S/C24H34N4/c1-26-16-22(17-27-14-15-28-13-5-8-23(28)18-27)24(25-26)21-11-9-20(10-12-21)19-6-3-2-4-7-19/h9-12,16,19,23H,2-8,13-15,17-18H2,1H3. The summed E-state index contributed by atoms with van der Waals surface area (Å²) in [5.74, 6) is 0.772. The van der Waals surface area contributed by atoms with Crippen LogP contribution in [0.2, 0.25) is 0 Å². The maximum absolute atomic E-state index is 4.83. The molecule has 1 unspecified atom stereocenters. The zero-order valence-electron chi connectivity index (χ0n) is 17.3. The molecule has 0 bridgehead atoms. The molecule has 1 aliphatic carbocycles. The second kappa shape index (κ2) is 8.00. The van der Waals surface area contributed by atoms with Gasteiger partial charge < -0.3 is 0 Å². The van der Waals surface area contributed by atoms with Gasteiger partial charge in [0, 0.05) is 56.6 Å². The maximum Gasteiger partial charge on any atom is 0.0968 e. The van der Waals surface area contributed by atoms with Crippen molar-refractivity contribution in [2.45, 2.75) is 63.5 Å². The van der Waals surface area contributed by atoms with Crippen molar-refractivity contribution in [2.75, 3.05) is 26.2 Å². The molecular formula is C24H34N4. The van der Waals surface area contributed by atoms with E-state index in [1.165, 1.54) is 93.5 Å². The highest BCUT2D eigenvalue weighted by Gasteiger charge is 2.30. The monoisotopic (exact) mass is 378 g/mol. The van der Waals surface area contributed by atoms with Crippen LogP contribution in [0.25, 0.3) is 11.3 Å². The molecule has 4 nitrogen and oxygen atoms in total. The molecule has 0 spiro atoms. The third-order valence-corrected chi connectivity index (χ3v) is 7.23. The lowest BCUT2D eigenvalue weighted by Crippen LogP contribution is -2.49. The van der Waals surface area contributed by atoms with Gasteiger partial charge in [0.25, 0.3) is 0 Å². The number of hydrogen-bond donors (Lipinski definition) is 0. The van der Waals surface area contributed by atoms with Crippen LogP contribution in [0, 0.1) is 0 Å². The number of benzene rings is 1. The minimum absolute atomic E-state index is 0.772. The van der Waals surface area contributed by atoms with E-state index in [-0.39, 0.29) is 0 Å². The minimum atomic E-state index is 0.772. The molecule has 2 aromatic rings. The van der Waals surface area contributed by atoms with Crippen molar-refractivity contribution in [3.8, 4) is 11.3 Å². The lowest BCUT2D eigenvalue weighted by molar-refractivity contribution is 0.0995. The van der Waals surface area contributed by atoms with Gasteiger partial charge >= 0.3 is 0 Å². The Morgan fingerprint density at radius 2 is 1.75 bits per heavy atom. The molecule has 3 aliphatic rings. The van der Waals surface area contributed by atoms with Crippen LogP contribution in [0.4, 0.5) is 0 Å². The molecule has 28 heavy (non-hydrogen) atoms. The SMILES string of the molecule is Cn1cc(CN2CCN3CCCC3C2)c(-c2ccc(C3CCCCC3)cc2)n1. The quantitative estimate of drug-likeness (QED) is 0.787. The predicted octanol–water partition coefficient (Wildman–Crippen LogP) is 4.41. The maximum atomic E-state index is 4.83. The summed E-state index contributed by atoms with van der Waals surface area (Å²) in [4.78, 5) is 5.33. The third kappa shape index (κ3) is 3.77. The zero-order valence-corrected chi connectivity index (χ0v) is 17.3. The highest BCUT2D eigenvalue weighted by atomic mass is 15.3. The van der Waals surface area contributed by atoms with Crippen molar-refractivity contribution in [1.29, 1.82) is 0 Å². The molecule has 0 N–H and O–H groups in total. The lowest BCUT2D eigenvalue weighted by Gasteiger charge is -2.37. The summed E-state index contributed by atoms with van der Waals surface area (Å²) >= 11 is 0. The van der Waals surface area contributed by atoms with Crippen molar-refractivity contribution < 1.29 is 0 Å². The van der Waals surface area contributed by atoms with Gasteiger partial charge in [0.05, 0.1) is 5.69 Å². The second-order valence-corrected chi connectivity index (χ2v) is 9.20. The number of aromatic nitrogens is 2. The molecule has 3 heterocycles. The van der Waals surface area contributed by atoms with E-state index in [9.17, 15) is 0 Å². The van der Waals surface area contributed by atoms with Gasteiger partial charge in [0.15, 0.2) is 0 Å². The first kappa shape index (κ1) is 18.4. The van der Waals surface area contributed by atoms with Crippen LogP contribution in [0.3, 0.4) is 0 Å². The Bertz CT molecular complexity index is 787. The fourth-order valence-corrected chi connectivity index (χ4v) is 5.69. The van der Waals surface area contributed by atoms with Crippen LogP contribution in [-0.4, -0.2) is 51.8 Å². The summed E-state index contributed by atoms with van der Waals surface area (Å²) in [5, 5.41) is 4.83. The van der Waals surface area contributed by atoms with Crippen molar-refractivity contribution in [3.05, 3.63) is 41.6 Å². The lowest BCUT2D eigenvalue weighted by atomic mass is 9.84. The Balaban J connectivity index is 1.31. The van der Waals surface area contributed by atoms with Crippen molar-refractivity contribution in [2.24, 2.45) is 7.05 Å². The fourth-order valence-electron chi connectivity index (χ4n) is 5.69. The molecule has 3 fully saturated rings.